The van der Waals surface area contributed by atoms with Crippen molar-refractivity contribution in [1.82, 2.24) is 9.97 Å². The van der Waals surface area contributed by atoms with Crippen LogP contribution in [0.15, 0.2) is 29.9 Å². The van der Waals surface area contributed by atoms with Crippen LogP contribution in [0.5, 0.6) is 0 Å². The number of nitrogens with zero attached hydrogens (tertiary/aromatic N) is 2. The first-order valence-electron chi connectivity index (χ1n) is 8.47. The number of hydrogen-bond acceptors (Lipinski definition) is 5. The minimum atomic E-state index is -0.905. The van der Waals surface area contributed by atoms with Crippen LogP contribution in [0.3, 0.4) is 0 Å². The third kappa shape index (κ3) is 2.98. The normalized spacial score (nSPS) is 14.9. The van der Waals surface area contributed by atoms with Crippen molar-refractivity contribution >= 4 is 33.3 Å². The van der Waals surface area contributed by atoms with Crippen LogP contribution in [0, 0.1) is 0 Å². The molecule has 0 fully saturated rings. The van der Waals surface area contributed by atoms with Gasteiger partial charge in [0, 0.05) is 10.9 Å². The average molecular weight is 353 g/mol. The van der Waals surface area contributed by atoms with Gasteiger partial charge in [0.1, 0.15) is 23.0 Å². The van der Waals surface area contributed by atoms with Crippen molar-refractivity contribution < 1.29 is 9.90 Å². The zero-order valence-corrected chi connectivity index (χ0v) is 14.8. The number of aromatic nitrogens is 2. The minimum Gasteiger partial charge on any atom is -0.480 e. The molecule has 5 nitrogen and oxygen atoms in total. The van der Waals surface area contributed by atoms with E-state index in [1.165, 1.54) is 30.3 Å². The van der Waals surface area contributed by atoms with Gasteiger partial charge in [0.25, 0.3) is 0 Å². The highest BCUT2D eigenvalue weighted by Crippen LogP contribution is 2.38. The van der Waals surface area contributed by atoms with Crippen LogP contribution >= 0.6 is 11.3 Å². The molecule has 0 saturated carbocycles. The van der Waals surface area contributed by atoms with Gasteiger partial charge >= 0.3 is 5.97 Å². The van der Waals surface area contributed by atoms with Crippen LogP contribution in [0.25, 0.3) is 21.3 Å². The number of carbonyl (C=O) groups is 1. The van der Waals surface area contributed by atoms with Gasteiger partial charge in [-0.05, 0) is 49.3 Å². The van der Waals surface area contributed by atoms with Gasteiger partial charge < -0.3 is 10.4 Å². The van der Waals surface area contributed by atoms with Crippen LogP contribution in [-0.2, 0) is 17.6 Å². The highest BCUT2D eigenvalue weighted by molar-refractivity contribution is 7.17. The number of aryl methyl sites for hydroxylation is 2. The Hall–Kier alpha value is -2.47. The molecule has 0 aliphatic heterocycles. The van der Waals surface area contributed by atoms with Crippen molar-refractivity contribution in [3.05, 3.63) is 41.0 Å². The maximum atomic E-state index is 11.2. The van der Waals surface area contributed by atoms with Gasteiger partial charge in [-0.3, -0.25) is 4.79 Å². The highest BCUT2D eigenvalue weighted by atomic mass is 32.1. The van der Waals surface area contributed by atoms with Gasteiger partial charge in [-0.15, -0.1) is 11.3 Å². The van der Waals surface area contributed by atoms with Crippen LogP contribution in [0.4, 0.5) is 5.82 Å². The van der Waals surface area contributed by atoms with Gasteiger partial charge in [-0.1, -0.05) is 18.2 Å². The van der Waals surface area contributed by atoms with E-state index in [9.17, 15) is 9.90 Å². The Labute approximate surface area is 149 Å². The number of thiophene rings is 1. The lowest BCUT2D eigenvalue weighted by Crippen LogP contribution is -2.26. The summed E-state index contributed by atoms with van der Waals surface area (Å²) in [7, 11) is 0. The van der Waals surface area contributed by atoms with E-state index < -0.39 is 12.0 Å². The summed E-state index contributed by atoms with van der Waals surface area (Å²) >= 11 is 1.56. The molecule has 128 valence electrons. The monoisotopic (exact) mass is 353 g/mol. The third-order valence-corrected chi connectivity index (χ3v) is 5.64. The fourth-order valence-electron chi connectivity index (χ4n) is 3.36. The topological polar surface area (TPSA) is 75.1 Å². The number of benzene rings is 1. The largest absolute Gasteiger partial charge is 0.480 e. The summed E-state index contributed by atoms with van der Waals surface area (Å²) in [6.45, 7) is 1.61. The summed E-state index contributed by atoms with van der Waals surface area (Å²) in [5.74, 6) is -0.328. The van der Waals surface area contributed by atoms with Gasteiger partial charge in [0.05, 0.1) is 5.39 Å². The van der Waals surface area contributed by atoms with Gasteiger partial charge in [-0.25, -0.2) is 9.97 Å². The van der Waals surface area contributed by atoms with Crippen LogP contribution in [-0.4, -0.2) is 27.1 Å². The molecule has 4 rings (SSSR count). The standard InChI is InChI=1S/C19H19N3O2S/c1-11(19(23)24)22-17-16-15(9-25-18(16)21-10-20-17)14-7-6-12-4-2-3-5-13(12)8-14/h6-11H,2-5H2,1H3,(H,23,24)(H,20,21,22). The molecule has 0 saturated heterocycles. The summed E-state index contributed by atoms with van der Waals surface area (Å²) in [5, 5.41) is 15.2. The second kappa shape index (κ2) is 6.44. The summed E-state index contributed by atoms with van der Waals surface area (Å²) < 4.78 is 0. The molecule has 0 spiro atoms. The van der Waals surface area contributed by atoms with E-state index in [0.717, 1.165) is 34.2 Å². The Balaban J connectivity index is 1.81. The summed E-state index contributed by atoms with van der Waals surface area (Å²) in [5.41, 5.74) is 5.08. The molecule has 6 heteroatoms. The van der Waals surface area contributed by atoms with Gasteiger partial charge in [0.2, 0.25) is 0 Å². The maximum Gasteiger partial charge on any atom is 0.325 e. The molecule has 1 unspecified atom stereocenters. The van der Waals surface area contributed by atoms with Crippen LogP contribution < -0.4 is 5.32 Å². The molecule has 25 heavy (non-hydrogen) atoms. The zero-order chi connectivity index (χ0) is 17.4. The molecule has 1 aliphatic rings. The van der Waals surface area contributed by atoms with E-state index in [2.05, 4.69) is 38.9 Å². The van der Waals surface area contributed by atoms with Crippen molar-refractivity contribution in [1.29, 1.82) is 0 Å². The molecule has 3 aromatic rings. The molecular weight excluding hydrogens is 334 g/mol. The highest BCUT2D eigenvalue weighted by Gasteiger charge is 2.18. The lowest BCUT2D eigenvalue weighted by atomic mass is 9.89. The first-order chi connectivity index (χ1) is 12.1. The van der Waals surface area contributed by atoms with Crippen molar-refractivity contribution in [2.24, 2.45) is 0 Å². The van der Waals surface area contributed by atoms with E-state index in [1.54, 1.807) is 18.3 Å². The Bertz CT molecular complexity index is 951. The Morgan fingerprint density at radius 1 is 1.24 bits per heavy atom. The quantitative estimate of drug-likeness (QED) is 0.738. The SMILES string of the molecule is CC(Nc1ncnc2scc(-c3ccc4c(c3)CCCC4)c12)C(=O)O. The lowest BCUT2D eigenvalue weighted by molar-refractivity contribution is -0.137. The molecule has 0 radical (unpaired) electrons. The number of carboxylic acid groups (broad SMARTS) is 1. The molecule has 2 aromatic heterocycles. The fourth-order valence-corrected chi connectivity index (χ4v) is 4.28. The molecule has 2 heterocycles. The summed E-state index contributed by atoms with van der Waals surface area (Å²) in [4.78, 5) is 20.7. The second-order valence-electron chi connectivity index (χ2n) is 6.45. The Morgan fingerprint density at radius 2 is 2.04 bits per heavy atom. The number of aliphatic carboxylic acids is 1. The summed E-state index contributed by atoms with van der Waals surface area (Å²) in [6.07, 6.45) is 6.27. The fraction of sp³-hybridized carbons (Fsp3) is 0.316. The molecule has 2 N–H and O–H groups in total. The second-order valence-corrected chi connectivity index (χ2v) is 7.30. The number of rotatable bonds is 4. The van der Waals surface area contributed by atoms with Gasteiger partial charge in [-0.2, -0.15) is 0 Å². The molecule has 1 atom stereocenters. The predicted octanol–water partition coefficient (Wildman–Crippen LogP) is 4.12. The maximum absolute atomic E-state index is 11.2. The smallest absolute Gasteiger partial charge is 0.325 e. The predicted molar refractivity (Wildman–Crippen MR) is 100 cm³/mol. The first-order valence-corrected chi connectivity index (χ1v) is 9.35. The van der Waals surface area contributed by atoms with Crippen molar-refractivity contribution in [3.63, 3.8) is 0 Å². The van der Waals surface area contributed by atoms with Crippen molar-refractivity contribution in [2.75, 3.05) is 5.32 Å². The molecule has 0 bridgehead atoms. The third-order valence-electron chi connectivity index (χ3n) is 4.75. The molecule has 1 aliphatic carbocycles. The first kappa shape index (κ1) is 16.0. The summed E-state index contributed by atoms with van der Waals surface area (Å²) in [6, 6.07) is 5.94. The van der Waals surface area contributed by atoms with E-state index in [-0.39, 0.29) is 0 Å². The van der Waals surface area contributed by atoms with Crippen LogP contribution in [0.2, 0.25) is 0 Å². The lowest BCUT2D eigenvalue weighted by Gasteiger charge is -2.17. The van der Waals surface area contributed by atoms with E-state index in [1.807, 2.05) is 0 Å². The van der Waals surface area contributed by atoms with E-state index >= 15 is 0 Å². The molecular formula is C19H19N3O2S. The van der Waals surface area contributed by atoms with E-state index in [4.69, 9.17) is 0 Å². The number of fused-ring (bicyclic) bond motifs is 2. The van der Waals surface area contributed by atoms with Crippen molar-refractivity contribution in [2.45, 2.75) is 38.6 Å². The average Bonchev–Trinajstić information content (AvgIpc) is 3.06. The Kier molecular flexibility index (Phi) is 4.13. The number of carboxylic acids is 1. The van der Waals surface area contributed by atoms with E-state index in [0.29, 0.717) is 5.82 Å². The van der Waals surface area contributed by atoms with Crippen molar-refractivity contribution in [3.8, 4) is 11.1 Å². The minimum absolute atomic E-state index is 0.578. The zero-order valence-electron chi connectivity index (χ0n) is 14.0. The van der Waals surface area contributed by atoms with Gasteiger partial charge in [0.15, 0.2) is 0 Å². The van der Waals surface area contributed by atoms with Crippen LogP contribution in [0.1, 0.15) is 30.9 Å². The molecule has 1 aromatic carbocycles. The molecule has 0 amide bonds. The number of anilines is 1. The Morgan fingerprint density at radius 3 is 2.84 bits per heavy atom. The number of nitrogens with one attached hydrogen (secondary N) is 1. The number of hydrogen-bond donors (Lipinski definition) is 2.